The second-order valence-corrected chi connectivity index (χ2v) is 7.08. The summed E-state index contributed by atoms with van der Waals surface area (Å²) in [6.07, 6.45) is 0. The number of amides is 2. The number of carbonyl (C=O) groups excluding carboxylic acids is 2. The molecule has 0 radical (unpaired) electrons. The summed E-state index contributed by atoms with van der Waals surface area (Å²) in [6.45, 7) is -0.348. The van der Waals surface area contributed by atoms with Gasteiger partial charge in [-0.25, -0.2) is 0 Å². The van der Waals surface area contributed by atoms with Gasteiger partial charge in [-0.1, -0.05) is 28.6 Å². The predicted octanol–water partition coefficient (Wildman–Crippen LogP) is 3.41. The first kappa shape index (κ1) is 21.1. The van der Waals surface area contributed by atoms with Crippen molar-refractivity contribution in [2.45, 2.75) is 0 Å². The van der Waals surface area contributed by atoms with Gasteiger partial charge in [0, 0.05) is 10.7 Å². The maximum atomic E-state index is 12.7. The smallest absolute Gasteiger partial charge is 0.265 e. The third-order valence-electron chi connectivity index (χ3n) is 4.49. The fourth-order valence-corrected chi connectivity index (χ4v) is 3.10. The highest BCUT2D eigenvalue weighted by Gasteiger charge is 2.15. The molecule has 0 saturated heterocycles. The van der Waals surface area contributed by atoms with Crippen LogP contribution in [0.2, 0.25) is 5.02 Å². The largest absolute Gasteiger partial charge is 0.497 e. The SMILES string of the molecule is COc1ccc(NC(=O)c2ccccc2NC(=O)COn2nnc3ccc(Cl)cc32)cc1. The zero-order chi connectivity index (χ0) is 22.5. The van der Waals surface area contributed by atoms with E-state index < -0.39 is 5.91 Å². The first-order valence-corrected chi connectivity index (χ1v) is 9.90. The highest BCUT2D eigenvalue weighted by molar-refractivity contribution is 6.31. The summed E-state index contributed by atoms with van der Waals surface area (Å²) < 4.78 is 5.11. The zero-order valence-electron chi connectivity index (χ0n) is 16.9. The molecule has 1 heterocycles. The normalized spacial score (nSPS) is 10.6. The minimum Gasteiger partial charge on any atom is -0.497 e. The average molecular weight is 452 g/mol. The molecular formula is C22H18ClN5O4. The number of hydrogen-bond acceptors (Lipinski definition) is 6. The average Bonchev–Trinajstić information content (AvgIpc) is 3.20. The molecule has 0 aliphatic rings. The lowest BCUT2D eigenvalue weighted by Crippen LogP contribution is -2.27. The summed E-state index contributed by atoms with van der Waals surface area (Å²) in [5, 5.41) is 13.8. The van der Waals surface area contributed by atoms with Crippen LogP contribution in [0, 0.1) is 0 Å². The van der Waals surface area contributed by atoms with Crippen LogP contribution in [0.15, 0.2) is 66.7 Å². The fraction of sp³-hybridized carbons (Fsp3) is 0.0909. The van der Waals surface area contributed by atoms with E-state index in [1.165, 1.54) is 0 Å². The third-order valence-corrected chi connectivity index (χ3v) is 4.72. The summed E-state index contributed by atoms with van der Waals surface area (Å²) in [5.41, 5.74) is 2.35. The van der Waals surface area contributed by atoms with Gasteiger partial charge in [-0.15, -0.1) is 5.10 Å². The molecule has 32 heavy (non-hydrogen) atoms. The molecule has 0 saturated carbocycles. The van der Waals surface area contributed by atoms with Gasteiger partial charge in [0.2, 0.25) is 0 Å². The Labute approximate surface area is 187 Å². The van der Waals surface area contributed by atoms with Crippen LogP contribution < -0.4 is 20.2 Å². The standard InChI is InChI=1S/C22H18ClN5O4/c1-31-16-9-7-15(8-10-16)24-22(30)17-4-2-3-5-18(17)25-21(29)13-32-28-20-12-14(23)6-11-19(20)26-27-28/h2-12H,13H2,1H3,(H,24,30)(H,25,29). The van der Waals surface area contributed by atoms with Crippen molar-refractivity contribution in [3.8, 4) is 5.75 Å². The lowest BCUT2D eigenvalue weighted by molar-refractivity contribution is -0.121. The van der Waals surface area contributed by atoms with Crippen LogP contribution in [0.1, 0.15) is 10.4 Å². The molecule has 2 amide bonds. The highest BCUT2D eigenvalue weighted by atomic mass is 35.5. The van der Waals surface area contributed by atoms with Crippen molar-refractivity contribution in [3.05, 3.63) is 77.3 Å². The molecule has 9 nitrogen and oxygen atoms in total. The van der Waals surface area contributed by atoms with Gasteiger partial charge < -0.3 is 20.2 Å². The van der Waals surface area contributed by atoms with Crippen molar-refractivity contribution in [3.63, 3.8) is 0 Å². The summed E-state index contributed by atoms with van der Waals surface area (Å²) in [6, 6.07) is 18.6. The molecule has 10 heteroatoms. The van der Waals surface area contributed by atoms with E-state index in [-0.39, 0.29) is 12.5 Å². The lowest BCUT2D eigenvalue weighted by Gasteiger charge is -2.12. The molecule has 0 spiro atoms. The molecule has 1 aromatic heterocycles. The number of ether oxygens (including phenoxy) is 1. The Morgan fingerprint density at radius 2 is 1.81 bits per heavy atom. The predicted molar refractivity (Wildman–Crippen MR) is 120 cm³/mol. The number of halogens is 1. The van der Waals surface area contributed by atoms with Crippen molar-refractivity contribution in [2.24, 2.45) is 0 Å². The van der Waals surface area contributed by atoms with Crippen LogP contribution in [0.5, 0.6) is 5.75 Å². The van der Waals surface area contributed by atoms with Crippen LogP contribution in [-0.4, -0.2) is 40.7 Å². The van der Waals surface area contributed by atoms with Gasteiger partial charge in [0.1, 0.15) is 16.8 Å². The molecule has 3 aromatic carbocycles. The monoisotopic (exact) mass is 451 g/mol. The van der Waals surface area contributed by atoms with E-state index >= 15 is 0 Å². The van der Waals surface area contributed by atoms with Crippen molar-refractivity contribution >= 4 is 45.8 Å². The Hall–Kier alpha value is -4.11. The minimum absolute atomic E-state index is 0.301. The third kappa shape index (κ3) is 4.79. The maximum absolute atomic E-state index is 12.7. The van der Waals surface area contributed by atoms with Gasteiger partial charge in [0.25, 0.3) is 11.8 Å². The van der Waals surface area contributed by atoms with Crippen LogP contribution >= 0.6 is 11.6 Å². The van der Waals surface area contributed by atoms with E-state index in [0.29, 0.717) is 38.7 Å². The van der Waals surface area contributed by atoms with E-state index in [9.17, 15) is 9.59 Å². The second kappa shape index (κ2) is 9.36. The number of nitrogens with one attached hydrogen (secondary N) is 2. The minimum atomic E-state index is -0.472. The quantitative estimate of drug-likeness (QED) is 0.446. The number of hydrogen-bond donors (Lipinski definition) is 2. The topological polar surface area (TPSA) is 107 Å². The molecule has 0 aliphatic carbocycles. The number of nitrogens with zero attached hydrogens (tertiary/aromatic N) is 3. The molecule has 2 N–H and O–H groups in total. The molecule has 162 valence electrons. The van der Waals surface area contributed by atoms with Crippen LogP contribution in [0.25, 0.3) is 11.0 Å². The zero-order valence-corrected chi connectivity index (χ0v) is 17.7. The van der Waals surface area contributed by atoms with Gasteiger partial charge >= 0.3 is 0 Å². The van der Waals surface area contributed by atoms with E-state index in [1.807, 2.05) is 0 Å². The lowest BCUT2D eigenvalue weighted by atomic mass is 10.1. The van der Waals surface area contributed by atoms with Crippen molar-refractivity contribution < 1.29 is 19.2 Å². The van der Waals surface area contributed by atoms with Crippen molar-refractivity contribution in [1.82, 2.24) is 15.2 Å². The Kier molecular flexibility index (Phi) is 6.18. The van der Waals surface area contributed by atoms with Crippen molar-refractivity contribution in [2.75, 3.05) is 24.4 Å². The summed E-state index contributed by atoms with van der Waals surface area (Å²) in [5.74, 6) is -0.164. The molecule has 0 aliphatic heterocycles. The number of aromatic nitrogens is 3. The first-order chi connectivity index (χ1) is 15.5. The molecule has 0 atom stereocenters. The first-order valence-electron chi connectivity index (χ1n) is 9.52. The van der Waals surface area contributed by atoms with E-state index in [4.69, 9.17) is 21.2 Å². The number of rotatable bonds is 7. The summed E-state index contributed by atoms with van der Waals surface area (Å²) in [7, 11) is 1.57. The molecule has 0 bridgehead atoms. The van der Waals surface area contributed by atoms with Gasteiger partial charge in [-0.3, -0.25) is 9.59 Å². The van der Waals surface area contributed by atoms with Crippen LogP contribution in [0.3, 0.4) is 0 Å². The van der Waals surface area contributed by atoms with Crippen LogP contribution in [0.4, 0.5) is 11.4 Å². The maximum Gasteiger partial charge on any atom is 0.265 e. The molecule has 4 rings (SSSR count). The molecular weight excluding hydrogens is 434 g/mol. The van der Waals surface area contributed by atoms with Crippen molar-refractivity contribution in [1.29, 1.82) is 0 Å². The number of fused-ring (bicyclic) bond motifs is 1. The Morgan fingerprint density at radius 3 is 2.59 bits per heavy atom. The van der Waals surface area contributed by atoms with E-state index in [0.717, 1.165) is 4.85 Å². The van der Waals surface area contributed by atoms with Gasteiger partial charge in [0.05, 0.1) is 18.4 Å². The van der Waals surface area contributed by atoms with E-state index in [2.05, 4.69) is 20.9 Å². The Morgan fingerprint density at radius 1 is 1.03 bits per heavy atom. The number of anilines is 2. The number of methoxy groups -OCH3 is 1. The molecule has 0 unspecified atom stereocenters. The van der Waals surface area contributed by atoms with Gasteiger partial charge in [-0.05, 0) is 59.8 Å². The Bertz CT molecular complexity index is 1270. The van der Waals surface area contributed by atoms with E-state index in [1.54, 1.807) is 73.8 Å². The number of carbonyl (C=O) groups is 2. The number of para-hydroxylation sites is 1. The molecule has 0 fully saturated rings. The summed E-state index contributed by atoms with van der Waals surface area (Å²) in [4.78, 5) is 31.7. The molecule has 4 aromatic rings. The van der Waals surface area contributed by atoms with Crippen LogP contribution in [-0.2, 0) is 4.79 Å². The Balaban J connectivity index is 1.42. The number of benzene rings is 3. The second-order valence-electron chi connectivity index (χ2n) is 6.65. The summed E-state index contributed by atoms with van der Waals surface area (Å²) >= 11 is 5.99. The van der Waals surface area contributed by atoms with Gasteiger partial charge in [0.15, 0.2) is 6.61 Å². The fourth-order valence-electron chi connectivity index (χ4n) is 2.94. The highest BCUT2D eigenvalue weighted by Crippen LogP contribution is 2.20. The van der Waals surface area contributed by atoms with Gasteiger partial charge in [-0.2, -0.15) is 0 Å².